The highest BCUT2D eigenvalue weighted by Crippen LogP contribution is 2.24. The zero-order valence-electron chi connectivity index (χ0n) is 17.6. The highest BCUT2D eigenvalue weighted by Gasteiger charge is 2.27. The third-order valence-electron chi connectivity index (χ3n) is 5.55. The molecule has 3 N–H and O–H groups in total. The Balaban J connectivity index is 1.58. The minimum atomic E-state index is -0.512. The van der Waals surface area contributed by atoms with Crippen molar-refractivity contribution < 1.29 is 9.42 Å². The fraction of sp³-hybridized carbons (Fsp3) is 0.400. The van der Waals surface area contributed by atoms with Gasteiger partial charge < -0.3 is 5.73 Å². The topological polar surface area (TPSA) is 140 Å². The van der Waals surface area contributed by atoms with Crippen molar-refractivity contribution in [2.45, 2.75) is 44.7 Å². The zero-order valence-corrected chi connectivity index (χ0v) is 18.4. The van der Waals surface area contributed by atoms with Gasteiger partial charge in [-0.25, -0.2) is 10.1 Å². The maximum absolute atomic E-state index is 12.9. The second-order valence-electron chi connectivity index (χ2n) is 7.70. The SMILES string of the molecule is CN(Cc1c(C(=O)N/N=C\c2ccccc2Cl)nnn1-c1nonc1N)C1CCCCC1. The van der Waals surface area contributed by atoms with Gasteiger partial charge in [-0.1, -0.05) is 54.3 Å². The molecule has 12 heteroatoms. The number of hydrazone groups is 1. The summed E-state index contributed by atoms with van der Waals surface area (Å²) < 4.78 is 6.09. The number of nitrogens with one attached hydrogen (secondary N) is 1. The third-order valence-corrected chi connectivity index (χ3v) is 5.89. The first-order valence-corrected chi connectivity index (χ1v) is 10.7. The molecule has 0 unspecified atom stereocenters. The first kappa shape index (κ1) is 21.9. The van der Waals surface area contributed by atoms with Crippen molar-refractivity contribution in [1.82, 2.24) is 35.6 Å². The molecule has 1 aliphatic rings. The Morgan fingerprint density at radius 2 is 2.12 bits per heavy atom. The predicted molar refractivity (Wildman–Crippen MR) is 118 cm³/mol. The lowest BCUT2D eigenvalue weighted by atomic mass is 9.94. The van der Waals surface area contributed by atoms with Gasteiger partial charge in [-0.2, -0.15) is 9.78 Å². The minimum Gasteiger partial charge on any atom is -0.378 e. The van der Waals surface area contributed by atoms with E-state index >= 15 is 0 Å². The summed E-state index contributed by atoms with van der Waals surface area (Å²) in [6, 6.07) is 7.59. The largest absolute Gasteiger partial charge is 0.378 e. The van der Waals surface area contributed by atoms with Gasteiger partial charge in [0.25, 0.3) is 5.91 Å². The Kier molecular flexibility index (Phi) is 6.76. The van der Waals surface area contributed by atoms with Crippen LogP contribution < -0.4 is 11.2 Å². The number of benzene rings is 1. The number of halogens is 1. The number of hydrogen-bond acceptors (Lipinski definition) is 9. The van der Waals surface area contributed by atoms with E-state index in [1.807, 2.05) is 19.2 Å². The van der Waals surface area contributed by atoms with Crippen molar-refractivity contribution in [2.75, 3.05) is 12.8 Å². The van der Waals surface area contributed by atoms with Crippen LogP contribution in [-0.4, -0.2) is 55.4 Å². The van der Waals surface area contributed by atoms with E-state index in [0.717, 1.165) is 12.8 Å². The number of rotatable bonds is 7. The summed E-state index contributed by atoms with van der Waals surface area (Å²) >= 11 is 6.12. The molecule has 4 rings (SSSR count). The molecule has 11 nitrogen and oxygen atoms in total. The van der Waals surface area contributed by atoms with Gasteiger partial charge in [-0.05, 0) is 36.3 Å². The Bertz CT molecular complexity index is 1100. The average Bonchev–Trinajstić information content (AvgIpc) is 3.41. The van der Waals surface area contributed by atoms with Crippen LogP contribution in [0.25, 0.3) is 5.82 Å². The molecule has 0 saturated heterocycles. The lowest BCUT2D eigenvalue weighted by Crippen LogP contribution is -2.34. The highest BCUT2D eigenvalue weighted by atomic mass is 35.5. The van der Waals surface area contributed by atoms with Gasteiger partial charge in [-0.15, -0.1) is 5.10 Å². The van der Waals surface area contributed by atoms with Crippen LogP contribution in [0.15, 0.2) is 34.0 Å². The van der Waals surface area contributed by atoms with Crippen LogP contribution in [0.5, 0.6) is 0 Å². The number of carbonyl (C=O) groups excluding carboxylic acids is 1. The van der Waals surface area contributed by atoms with Crippen LogP contribution in [0.4, 0.5) is 5.82 Å². The van der Waals surface area contributed by atoms with E-state index in [-0.39, 0.29) is 17.3 Å². The number of nitrogen functional groups attached to an aromatic ring is 1. The fourth-order valence-corrected chi connectivity index (χ4v) is 3.99. The molecule has 0 aliphatic heterocycles. The average molecular weight is 458 g/mol. The van der Waals surface area contributed by atoms with Gasteiger partial charge in [0, 0.05) is 23.2 Å². The molecule has 1 amide bonds. The van der Waals surface area contributed by atoms with Crippen molar-refractivity contribution in [1.29, 1.82) is 0 Å². The van der Waals surface area contributed by atoms with Gasteiger partial charge in [0.05, 0.1) is 11.9 Å². The molecule has 1 fully saturated rings. The van der Waals surface area contributed by atoms with Crippen LogP contribution in [0, 0.1) is 0 Å². The van der Waals surface area contributed by atoms with E-state index in [1.54, 1.807) is 12.1 Å². The number of hydrogen-bond donors (Lipinski definition) is 2. The molecule has 3 aromatic rings. The first-order chi connectivity index (χ1) is 15.5. The quantitative estimate of drug-likeness (QED) is 0.407. The summed E-state index contributed by atoms with van der Waals surface area (Å²) in [4.78, 5) is 15.1. The zero-order chi connectivity index (χ0) is 22.5. The number of nitrogens with two attached hydrogens (primary N) is 1. The van der Waals surface area contributed by atoms with E-state index in [1.165, 1.54) is 30.2 Å². The summed E-state index contributed by atoms with van der Waals surface area (Å²) in [5.41, 5.74) is 9.65. The molecule has 0 atom stereocenters. The van der Waals surface area contributed by atoms with E-state index in [4.69, 9.17) is 22.0 Å². The van der Waals surface area contributed by atoms with Crippen molar-refractivity contribution in [2.24, 2.45) is 5.10 Å². The third kappa shape index (κ3) is 4.78. The van der Waals surface area contributed by atoms with Crippen molar-refractivity contribution in [3.63, 3.8) is 0 Å². The molecule has 168 valence electrons. The second-order valence-corrected chi connectivity index (χ2v) is 8.10. The summed E-state index contributed by atoms with van der Waals surface area (Å²) in [6.07, 6.45) is 7.32. The molecular formula is C20H24ClN9O2. The molecule has 2 aromatic heterocycles. The van der Waals surface area contributed by atoms with Gasteiger partial charge in [0.1, 0.15) is 0 Å². The highest BCUT2D eigenvalue weighted by molar-refractivity contribution is 6.33. The molecule has 1 saturated carbocycles. The molecule has 1 aromatic carbocycles. The number of anilines is 1. The van der Waals surface area contributed by atoms with E-state index in [9.17, 15) is 4.79 Å². The summed E-state index contributed by atoms with van der Waals surface area (Å²) in [5, 5.41) is 20.1. The van der Waals surface area contributed by atoms with Crippen molar-refractivity contribution in [3.05, 3.63) is 46.2 Å². The van der Waals surface area contributed by atoms with Crippen LogP contribution >= 0.6 is 11.6 Å². The van der Waals surface area contributed by atoms with Gasteiger partial charge >= 0.3 is 0 Å². The number of nitrogens with zero attached hydrogens (tertiary/aromatic N) is 7. The second kappa shape index (κ2) is 9.88. The van der Waals surface area contributed by atoms with Gasteiger partial charge in [0.2, 0.25) is 11.6 Å². The molecule has 0 spiro atoms. The van der Waals surface area contributed by atoms with Crippen molar-refractivity contribution in [3.8, 4) is 5.82 Å². The maximum atomic E-state index is 12.9. The summed E-state index contributed by atoms with van der Waals surface area (Å²) in [6.45, 7) is 0.418. The maximum Gasteiger partial charge on any atom is 0.293 e. The van der Waals surface area contributed by atoms with E-state index in [2.05, 4.69) is 36.1 Å². The van der Waals surface area contributed by atoms with Crippen LogP contribution in [-0.2, 0) is 6.54 Å². The molecule has 0 bridgehead atoms. The Labute approximate surface area is 189 Å². The number of aromatic nitrogens is 5. The smallest absolute Gasteiger partial charge is 0.293 e. The fourth-order valence-electron chi connectivity index (χ4n) is 3.81. The monoisotopic (exact) mass is 457 g/mol. The predicted octanol–water partition coefficient (Wildman–Crippen LogP) is 2.41. The van der Waals surface area contributed by atoms with Crippen LogP contribution in [0.2, 0.25) is 5.02 Å². The molecule has 32 heavy (non-hydrogen) atoms. The molecular weight excluding hydrogens is 434 g/mol. The van der Waals surface area contributed by atoms with Crippen LogP contribution in [0.3, 0.4) is 0 Å². The summed E-state index contributed by atoms with van der Waals surface area (Å²) in [5.74, 6) is -0.273. The van der Waals surface area contributed by atoms with Gasteiger partial charge in [0.15, 0.2) is 5.69 Å². The summed E-state index contributed by atoms with van der Waals surface area (Å²) in [7, 11) is 2.02. The lowest BCUT2D eigenvalue weighted by Gasteiger charge is -2.31. The standard InChI is InChI=1S/C20H24ClN9O2/c1-29(14-8-3-2-4-9-14)12-16-17(24-28-30(16)19-18(22)26-32-27-19)20(31)25-23-11-13-7-5-6-10-15(13)21/h5-7,10-11,14H,2-4,8-9,12H2,1H3,(H2,22,26)(H,25,31)/b23-11-. The van der Waals surface area contributed by atoms with Crippen LogP contribution in [0.1, 0.15) is 53.8 Å². The van der Waals surface area contributed by atoms with Crippen molar-refractivity contribution >= 4 is 29.5 Å². The van der Waals surface area contributed by atoms with E-state index < -0.39 is 5.91 Å². The Morgan fingerprint density at radius 3 is 2.84 bits per heavy atom. The lowest BCUT2D eigenvalue weighted by molar-refractivity contribution is 0.0947. The first-order valence-electron chi connectivity index (χ1n) is 10.4. The molecule has 0 radical (unpaired) electrons. The normalized spacial score (nSPS) is 15.0. The number of amides is 1. The minimum absolute atomic E-state index is 0.0557. The molecule has 2 heterocycles. The Hall–Kier alpha value is -3.31. The Morgan fingerprint density at radius 1 is 1.34 bits per heavy atom. The number of carbonyl (C=O) groups is 1. The molecule has 1 aliphatic carbocycles. The van der Waals surface area contributed by atoms with Gasteiger partial charge in [-0.3, -0.25) is 9.69 Å². The van der Waals surface area contributed by atoms with E-state index in [0.29, 0.717) is 28.9 Å².